The summed E-state index contributed by atoms with van der Waals surface area (Å²) in [5.41, 5.74) is 0. The molecule has 0 spiro atoms. The maximum absolute atomic E-state index is 5.64. The van der Waals surface area contributed by atoms with Gasteiger partial charge in [-0.25, -0.2) is 0 Å². The highest BCUT2D eigenvalue weighted by Crippen LogP contribution is 2.22. The summed E-state index contributed by atoms with van der Waals surface area (Å²) >= 11 is 2.21. The molecule has 2 rings (SSSR count). The second-order valence-electron chi connectivity index (χ2n) is 4.20. The Bertz CT molecular complexity index is 592. The van der Waals surface area contributed by atoms with E-state index in [-0.39, 0.29) is 18.1 Å². The molecule has 6 nitrogen and oxygen atoms in total. The fraction of sp³-hybridized carbons (Fsp3) is 0.308. The molecule has 20 heavy (non-hydrogen) atoms. The van der Waals surface area contributed by atoms with Crippen molar-refractivity contribution in [3.8, 4) is 17.8 Å². The molecule has 0 saturated heterocycles. The maximum Gasteiger partial charge on any atom is 0.330 e. The molecule has 0 aliphatic rings. The Labute approximate surface area is 131 Å². The molecule has 0 bridgehead atoms. The molecular formula is C13H15IN4O2. The summed E-state index contributed by atoms with van der Waals surface area (Å²) in [4.78, 5) is 12.4. The van der Waals surface area contributed by atoms with E-state index >= 15 is 0 Å². The quantitative estimate of drug-likeness (QED) is 0.797. The Morgan fingerprint density at radius 2 is 1.90 bits per heavy atom. The van der Waals surface area contributed by atoms with Crippen molar-refractivity contribution in [2.45, 2.75) is 20.0 Å². The van der Waals surface area contributed by atoms with Gasteiger partial charge in [-0.15, -0.1) is 4.98 Å². The number of rotatable bonds is 5. The topological polar surface area (TPSA) is 69.2 Å². The lowest BCUT2D eigenvalue weighted by Crippen LogP contribution is -2.11. The zero-order valence-corrected chi connectivity index (χ0v) is 13.6. The molecule has 1 N–H and O–H groups in total. The van der Waals surface area contributed by atoms with Gasteiger partial charge in [0, 0.05) is 10.6 Å². The molecule has 0 aliphatic heterocycles. The van der Waals surface area contributed by atoms with Gasteiger partial charge in [-0.05, 0) is 54.6 Å². The Kier molecular flexibility index (Phi) is 4.94. The molecule has 1 heterocycles. The molecule has 1 aromatic heterocycles. The zero-order valence-electron chi connectivity index (χ0n) is 11.4. The maximum atomic E-state index is 5.64. The number of benzene rings is 1. The molecule has 106 valence electrons. The van der Waals surface area contributed by atoms with Gasteiger partial charge >= 0.3 is 12.0 Å². The molecule has 1 aromatic carbocycles. The van der Waals surface area contributed by atoms with Gasteiger partial charge in [-0.2, -0.15) is 9.97 Å². The molecular weight excluding hydrogens is 371 g/mol. The highest BCUT2D eigenvalue weighted by molar-refractivity contribution is 14.1. The summed E-state index contributed by atoms with van der Waals surface area (Å²) in [6.07, 6.45) is -0.0207. The van der Waals surface area contributed by atoms with Gasteiger partial charge in [-0.1, -0.05) is 6.07 Å². The van der Waals surface area contributed by atoms with Crippen molar-refractivity contribution in [1.82, 2.24) is 15.0 Å². The van der Waals surface area contributed by atoms with Crippen molar-refractivity contribution in [3.05, 3.63) is 27.8 Å². The van der Waals surface area contributed by atoms with Crippen LogP contribution in [0, 0.1) is 3.57 Å². The van der Waals surface area contributed by atoms with E-state index in [2.05, 4.69) is 42.9 Å². The molecule has 0 saturated carbocycles. The first-order chi connectivity index (χ1) is 9.56. The fourth-order valence-electron chi connectivity index (χ4n) is 1.39. The predicted molar refractivity (Wildman–Crippen MR) is 84.4 cm³/mol. The Balaban J connectivity index is 2.26. The summed E-state index contributed by atoms with van der Waals surface area (Å²) in [6.45, 7) is 3.81. The van der Waals surface area contributed by atoms with Gasteiger partial charge < -0.3 is 14.8 Å². The number of nitrogens with one attached hydrogen (secondary N) is 1. The number of nitrogens with zero attached hydrogens (tertiary/aromatic N) is 3. The number of halogens is 1. The van der Waals surface area contributed by atoms with E-state index in [1.54, 1.807) is 7.05 Å². The van der Waals surface area contributed by atoms with Crippen LogP contribution in [0.4, 0.5) is 5.95 Å². The van der Waals surface area contributed by atoms with Crippen LogP contribution in [-0.4, -0.2) is 28.1 Å². The van der Waals surface area contributed by atoms with E-state index in [0.29, 0.717) is 11.7 Å². The van der Waals surface area contributed by atoms with E-state index in [0.717, 1.165) is 3.57 Å². The van der Waals surface area contributed by atoms with Crippen LogP contribution in [0.5, 0.6) is 17.8 Å². The monoisotopic (exact) mass is 386 g/mol. The normalized spacial score (nSPS) is 10.4. The fourth-order valence-corrected chi connectivity index (χ4v) is 1.91. The van der Waals surface area contributed by atoms with Crippen molar-refractivity contribution in [1.29, 1.82) is 0 Å². The van der Waals surface area contributed by atoms with E-state index < -0.39 is 0 Å². The van der Waals surface area contributed by atoms with Crippen molar-refractivity contribution in [3.63, 3.8) is 0 Å². The van der Waals surface area contributed by atoms with Crippen molar-refractivity contribution in [2.24, 2.45) is 0 Å². The largest absolute Gasteiger partial charge is 0.461 e. The smallest absolute Gasteiger partial charge is 0.330 e. The average Bonchev–Trinajstić information content (AvgIpc) is 2.37. The average molecular weight is 386 g/mol. The molecule has 0 fully saturated rings. The second-order valence-corrected chi connectivity index (χ2v) is 5.45. The van der Waals surface area contributed by atoms with E-state index in [1.807, 2.05) is 38.1 Å². The number of aromatic nitrogens is 3. The van der Waals surface area contributed by atoms with Crippen LogP contribution in [0.25, 0.3) is 0 Å². The van der Waals surface area contributed by atoms with Crippen LogP contribution >= 0.6 is 22.6 Å². The number of hydrogen-bond acceptors (Lipinski definition) is 6. The first kappa shape index (κ1) is 14.8. The van der Waals surface area contributed by atoms with Crippen molar-refractivity contribution >= 4 is 28.5 Å². The Morgan fingerprint density at radius 1 is 1.15 bits per heavy atom. The molecule has 0 unspecified atom stereocenters. The summed E-state index contributed by atoms with van der Waals surface area (Å²) in [5, 5.41) is 2.85. The van der Waals surface area contributed by atoms with Crippen molar-refractivity contribution in [2.75, 3.05) is 12.4 Å². The minimum Gasteiger partial charge on any atom is -0.461 e. The van der Waals surface area contributed by atoms with Crippen LogP contribution in [-0.2, 0) is 0 Å². The van der Waals surface area contributed by atoms with Gasteiger partial charge in [0.05, 0.1) is 6.10 Å². The van der Waals surface area contributed by atoms with Gasteiger partial charge in [0.25, 0.3) is 0 Å². The lowest BCUT2D eigenvalue weighted by atomic mass is 10.3. The lowest BCUT2D eigenvalue weighted by Gasteiger charge is -2.10. The van der Waals surface area contributed by atoms with Crippen LogP contribution in [0.2, 0.25) is 0 Å². The number of hydrogen-bond donors (Lipinski definition) is 1. The molecule has 0 atom stereocenters. The lowest BCUT2D eigenvalue weighted by molar-refractivity contribution is 0.218. The zero-order chi connectivity index (χ0) is 14.5. The molecule has 0 amide bonds. The SMILES string of the molecule is CNc1nc(Oc2cccc(I)c2)nc(OC(C)C)n1. The molecule has 0 radical (unpaired) electrons. The van der Waals surface area contributed by atoms with Gasteiger partial charge in [0.1, 0.15) is 5.75 Å². The minimum absolute atomic E-state index is 0.0207. The third-order valence-electron chi connectivity index (χ3n) is 2.16. The van der Waals surface area contributed by atoms with Crippen LogP contribution < -0.4 is 14.8 Å². The first-order valence-corrected chi connectivity index (χ1v) is 7.18. The summed E-state index contributed by atoms with van der Waals surface area (Å²) in [7, 11) is 1.73. The van der Waals surface area contributed by atoms with E-state index in [1.165, 1.54) is 0 Å². The van der Waals surface area contributed by atoms with Crippen LogP contribution in [0.3, 0.4) is 0 Å². The highest BCUT2D eigenvalue weighted by atomic mass is 127. The third-order valence-corrected chi connectivity index (χ3v) is 2.84. The van der Waals surface area contributed by atoms with Crippen LogP contribution in [0.1, 0.15) is 13.8 Å². The Morgan fingerprint density at radius 3 is 2.55 bits per heavy atom. The standard InChI is InChI=1S/C13H15IN4O2/c1-8(2)19-12-16-11(15-3)17-13(18-12)20-10-6-4-5-9(14)7-10/h4-8H,1-3H3,(H,15,16,17,18). The summed E-state index contributed by atoms with van der Waals surface area (Å²) in [6, 6.07) is 8.05. The van der Waals surface area contributed by atoms with Gasteiger partial charge in [0.2, 0.25) is 5.95 Å². The number of ether oxygens (including phenoxy) is 2. The van der Waals surface area contributed by atoms with Gasteiger partial charge in [-0.3, -0.25) is 0 Å². The summed E-state index contributed by atoms with van der Waals surface area (Å²) in [5.74, 6) is 1.07. The van der Waals surface area contributed by atoms with E-state index in [4.69, 9.17) is 9.47 Å². The van der Waals surface area contributed by atoms with Crippen LogP contribution in [0.15, 0.2) is 24.3 Å². The van der Waals surface area contributed by atoms with Gasteiger partial charge in [0.15, 0.2) is 0 Å². The second kappa shape index (κ2) is 6.69. The third kappa shape index (κ3) is 4.19. The van der Waals surface area contributed by atoms with E-state index in [9.17, 15) is 0 Å². The molecule has 2 aromatic rings. The van der Waals surface area contributed by atoms with Crippen molar-refractivity contribution < 1.29 is 9.47 Å². The summed E-state index contributed by atoms with van der Waals surface area (Å²) < 4.78 is 12.2. The predicted octanol–water partition coefficient (Wildman–Crippen LogP) is 3.10. The first-order valence-electron chi connectivity index (χ1n) is 6.10. The molecule has 0 aliphatic carbocycles. The highest BCUT2D eigenvalue weighted by Gasteiger charge is 2.10. The number of anilines is 1. The Hall–Kier alpha value is -1.64. The minimum atomic E-state index is -0.0207. The molecule has 7 heteroatoms.